The zero-order valence-corrected chi connectivity index (χ0v) is 24.9. The number of benzene rings is 3. The lowest BCUT2D eigenvalue weighted by Crippen LogP contribution is -2.43. The van der Waals surface area contributed by atoms with Crippen LogP contribution in [-0.2, 0) is 6.54 Å². The van der Waals surface area contributed by atoms with Crippen LogP contribution in [-0.4, -0.2) is 43.3 Å². The number of fused-ring (bicyclic) bond motifs is 1. The summed E-state index contributed by atoms with van der Waals surface area (Å²) in [7, 11) is 3.44. The first-order valence-electron chi connectivity index (χ1n) is 13.1. The number of hydrogen-bond donors (Lipinski definition) is 0. The first-order chi connectivity index (χ1) is 19.4. The number of nitrogens with zero attached hydrogens (tertiary/aromatic N) is 2. The van der Waals surface area contributed by atoms with Crippen molar-refractivity contribution in [2.75, 3.05) is 20.4 Å². The Morgan fingerprint density at radius 2 is 1.82 bits per heavy atom. The molecule has 0 spiro atoms. The lowest BCUT2D eigenvalue weighted by atomic mass is 9.89. The molecule has 40 heavy (non-hydrogen) atoms. The van der Waals surface area contributed by atoms with Crippen molar-refractivity contribution < 1.29 is 18.3 Å². The molecule has 4 nitrogen and oxygen atoms in total. The van der Waals surface area contributed by atoms with Gasteiger partial charge in [-0.1, -0.05) is 35.9 Å². The van der Waals surface area contributed by atoms with Crippen molar-refractivity contribution in [2.45, 2.75) is 49.2 Å². The summed E-state index contributed by atoms with van der Waals surface area (Å²) < 4.78 is 35.0. The fourth-order valence-electron chi connectivity index (χ4n) is 5.50. The van der Waals surface area contributed by atoms with Gasteiger partial charge in [0.15, 0.2) is 0 Å². The van der Waals surface area contributed by atoms with Crippen LogP contribution in [0.3, 0.4) is 0 Å². The van der Waals surface area contributed by atoms with E-state index in [9.17, 15) is 13.6 Å². The van der Waals surface area contributed by atoms with E-state index in [0.717, 1.165) is 70.7 Å². The van der Waals surface area contributed by atoms with Crippen molar-refractivity contribution in [3.8, 4) is 16.9 Å². The van der Waals surface area contributed by atoms with Gasteiger partial charge in [0.1, 0.15) is 22.3 Å². The smallest absolute Gasteiger partial charge is 0.266 e. The van der Waals surface area contributed by atoms with E-state index in [0.29, 0.717) is 5.75 Å². The van der Waals surface area contributed by atoms with E-state index >= 15 is 0 Å². The Balaban J connectivity index is 1.57. The zero-order chi connectivity index (χ0) is 28.4. The molecular formula is C31H30ClF2N2O2S2. The maximum absolute atomic E-state index is 14.7. The van der Waals surface area contributed by atoms with Crippen LogP contribution >= 0.6 is 34.7 Å². The molecule has 1 aromatic heterocycles. The van der Waals surface area contributed by atoms with Crippen LogP contribution in [0.2, 0.25) is 5.02 Å². The van der Waals surface area contributed by atoms with Crippen molar-refractivity contribution >= 4 is 50.7 Å². The summed E-state index contributed by atoms with van der Waals surface area (Å²) in [5.41, 5.74) is 2.96. The molecule has 1 radical (unpaired) electrons. The fourth-order valence-corrected chi connectivity index (χ4v) is 7.62. The lowest BCUT2D eigenvalue weighted by molar-refractivity contribution is 0.0604. The van der Waals surface area contributed by atoms with Crippen LogP contribution in [0.1, 0.15) is 40.9 Å². The second kappa shape index (κ2) is 12.5. The van der Waals surface area contributed by atoms with E-state index in [4.69, 9.17) is 16.3 Å². The summed E-state index contributed by atoms with van der Waals surface area (Å²) >= 11 is 9.15. The van der Waals surface area contributed by atoms with E-state index in [2.05, 4.69) is 23.5 Å². The standard InChI is InChI=1S/C31H30ClF2N2O2S2/c1-35-20-9-11-21(12-10-20)36(31(37)30-28(32)27-23(33)13-14-24(34)29(27)40-30)17-19-16-18(8-15-25(19)38-2)22-6-4-5-7-26(22)39-3/h4-8,13-16,20-21H,9-12,17H2,1-3H3. The van der Waals surface area contributed by atoms with Crippen LogP contribution in [0.25, 0.3) is 21.2 Å². The van der Waals surface area contributed by atoms with Crippen LogP contribution < -0.4 is 10.1 Å². The molecule has 3 aromatic carbocycles. The maximum atomic E-state index is 14.7. The van der Waals surface area contributed by atoms with Crippen LogP contribution in [0.5, 0.6) is 5.75 Å². The fraction of sp³-hybridized carbons (Fsp3) is 0.323. The molecule has 1 saturated carbocycles. The minimum Gasteiger partial charge on any atom is -0.496 e. The van der Waals surface area contributed by atoms with Crippen molar-refractivity contribution in [3.05, 3.63) is 81.7 Å². The van der Waals surface area contributed by atoms with Crippen molar-refractivity contribution in [2.24, 2.45) is 0 Å². The minimum atomic E-state index is -0.643. The Morgan fingerprint density at radius 1 is 1.10 bits per heavy atom. The van der Waals surface area contributed by atoms with Gasteiger partial charge in [-0.05, 0) is 73.4 Å². The molecule has 1 amide bonds. The first-order valence-corrected chi connectivity index (χ1v) is 15.5. The Kier molecular flexibility index (Phi) is 9.00. The molecule has 0 saturated heterocycles. The third kappa shape index (κ3) is 5.59. The summed E-state index contributed by atoms with van der Waals surface area (Å²) in [6, 6.07) is 16.5. The van der Waals surface area contributed by atoms with Gasteiger partial charge in [0.25, 0.3) is 5.91 Å². The van der Waals surface area contributed by atoms with Crippen LogP contribution in [0, 0.1) is 11.6 Å². The zero-order valence-electron chi connectivity index (χ0n) is 22.5. The van der Waals surface area contributed by atoms with Gasteiger partial charge in [0.2, 0.25) is 0 Å². The minimum absolute atomic E-state index is 0.0427. The van der Waals surface area contributed by atoms with Crippen LogP contribution in [0.15, 0.2) is 59.5 Å². The quantitative estimate of drug-likeness (QED) is 0.191. The Bertz CT molecular complexity index is 1540. The van der Waals surface area contributed by atoms with Gasteiger partial charge >= 0.3 is 0 Å². The third-order valence-electron chi connectivity index (χ3n) is 7.65. The lowest BCUT2D eigenvalue weighted by Gasteiger charge is -2.37. The number of halogens is 3. The average molecular weight is 600 g/mol. The second-order valence-electron chi connectivity index (χ2n) is 9.86. The number of thiophene rings is 1. The highest BCUT2D eigenvalue weighted by molar-refractivity contribution is 7.98. The van der Waals surface area contributed by atoms with Gasteiger partial charge < -0.3 is 9.64 Å². The van der Waals surface area contributed by atoms with Crippen molar-refractivity contribution in [1.82, 2.24) is 10.2 Å². The SMILES string of the molecule is C[N]C1CCC(N(Cc2cc(-c3ccccc3SC)ccc2OC)C(=O)c2sc3c(F)ccc(F)c3c2Cl)CC1. The van der Waals surface area contributed by atoms with E-state index in [-0.39, 0.29) is 44.5 Å². The van der Waals surface area contributed by atoms with Gasteiger partial charge in [-0.2, -0.15) is 0 Å². The Morgan fingerprint density at radius 3 is 2.50 bits per heavy atom. The molecule has 5 rings (SSSR count). The molecule has 9 heteroatoms. The summed E-state index contributed by atoms with van der Waals surface area (Å²) in [5, 5.41) is 4.36. The number of rotatable bonds is 8. The molecule has 1 heterocycles. The van der Waals surface area contributed by atoms with E-state index < -0.39 is 11.6 Å². The van der Waals surface area contributed by atoms with Crippen molar-refractivity contribution in [1.29, 1.82) is 0 Å². The molecule has 0 N–H and O–H groups in total. The highest BCUT2D eigenvalue weighted by Crippen LogP contribution is 2.41. The molecule has 0 bridgehead atoms. The van der Waals surface area contributed by atoms with Crippen molar-refractivity contribution in [3.63, 3.8) is 0 Å². The van der Waals surface area contributed by atoms with E-state index in [1.54, 1.807) is 23.8 Å². The number of hydrogen-bond acceptors (Lipinski definition) is 4. The molecule has 4 aromatic rings. The molecule has 0 atom stereocenters. The number of carbonyl (C=O) groups excluding carboxylic acids is 1. The summed E-state index contributed by atoms with van der Waals surface area (Å²) in [5.74, 6) is -0.908. The average Bonchev–Trinajstić information content (AvgIpc) is 3.35. The number of methoxy groups -OCH3 is 1. The van der Waals surface area contributed by atoms with Crippen LogP contribution in [0.4, 0.5) is 8.78 Å². The normalized spacial score (nSPS) is 17.2. The first kappa shape index (κ1) is 28.9. The predicted molar refractivity (Wildman–Crippen MR) is 161 cm³/mol. The number of thioether (sulfide) groups is 1. The van der Waals surface area contributed by atoms with Gasteiger partial charge in [0, 0.05) is 36.1 Å². The number of amides is 1. The Labute approximate surface area is 246 Å². The molecule has 0 unspecified atom stereocenters. The highest BCUT2D eigenvalue weighted by atomic mass is 35.5. The summed E-state index contributed by atoms with van der Waals surface area (Å²) in [6.07, 6.45) is 5.33. The molecule has 1 aliphatic carbocycles. The number of carbonyl (C=O) groups is 1. The van der Waals surface area contributed by atoms with Gasteiger partial charge in [-0.15, -0.1) is 23.1 Å². The molecule has 1 aliphatic rings. The van der Waals surface area contributed by atoms with Gasteiger partial charge in [-0.3, -0.25) is 4.79 Å². The summed E-state index contributed by atoms with van der Waals surface area (Å²) in [6.45, 7) is 0.269. The van der Waals surface area contributed by atoms with E-state index in [1.807, 2.05) is 37.6 Å². The maximum Gasteiger partial charge on any atom is 0.266 e. The molecule has 1 fully saturated rings. The topological polar surface area (TPSA) is 43.6 Å². The van der Waals surface area contributed by atoms with Gasteiger partial charge in [0.05, 0.1) is 22.2 Å². The predicted octanol–water partition coefficient (Wildman–Crippen LogP) is 8.42. The second-order valence-corrected chi connectivity index (χ2v) is 12.1. The number of ether oxygens (including phenoxy) is 1. The van der Waals surface area contributed by atoms with Gasteiger partial charge in [-0.25, -0.2) is 14.1 Å². The Hall–Kier alpha value is -2.65. The molecule has 0 aliphatic heterocycles. The highest BCUT2D eigenvalue weighted by Gasteiger charge is 2.33. The molecular weight excluding hydrogens is 570 g/mol. The van der Waals surface area contributed by atoms with E-state index in [1.165, 1.54) is 0 Å². The largest absolute Gasteiger partial charge is 0.496 e. The molecule has 209 valence electrons. The summed E-state index contributed by atoms with van der Waals surface area (Å²) in [4.78, 5) is 17.3. The monoisotopic (exact) mass is 599 g/mol. The third-order valence-corrected chi connectivity index (χ3v) is 10.1.